The molecule has 1 aromatic carbocycles. The van der Waals surface area contributed by atoms with Gasteiger partial charge in [0.1, 0.15) is 6.54 Å². The first-order valence-electron chi connectivity index (χ1n) is 4.88. The van der Waals surface area contributed by atoms with Crippen molar-refractivity contribution < 1.29 is 19.5 Å². The molecule has 6 heteroatoms. The number of amides is 2. The van der Waals surface area contributed by atoms with Gasteiger partial charge in [-0.25, -0.2) is 0 Å². The molecular weight excluding hydrogens is 224 g/mol. The number of imide groups is 1. The van der Waals surface area contributed by atoms with Crippen molar-refractivity contribution >= 4 is 17.8 Å². The number of nitrogens with two attached hydrogens (primary N) is 1. The third-order valence-electron chi connectivity index (χ3n) is 2.03. The maximum Gasteiger partial charge on any atom is 0.323 e. The molecule has 0 radical (unpaired) electrons. The van der Waals surface area contributed by atoms with Crippen molar-refractivity contribution in [2.75, 3.05) is 13.1 Å². The monoisotopic (exact) mass is 236 g/mol. The van der Waals surface area contributed by atoms with Gasteiger partial charge in [-0.1, -0.05) is 18.2 Å². The minimum absolute atomic E-state index is 0.246. The van der Waals surface area contributed by atoms with Crippen LogP contribution in [-0.4, -0.2) is 40.9 Å². The smallest absolute Gasteiger partial charge is 0.323 e. The van der Waals surface area contributed by atoms with E-state index in [1.807, 2.05) is 0 Å². The van der Waals surface area contributed by atoms with E-state index in [0.29, 0.717) is 4.90 Å². The fourth-order valence-corrected chi connectivity index (χ4v) is 1.26. The summed E-state index contributed by atoms with van der Waals surface area (Å²) in [5.74, 6) is -2.65. The molecule has 0 saturated heterocycles. The van der Waals surface area contributed by atoms with Gasteiger partial charge in [-0.05, 0) is 12.1 Å². The zero-order valence-corrected chi connectivity index (χ0v) is 9.00. The highest BCUT2D eigenvalue weighted by Gasteiger charge is 2.23. The second-order valence-electron chi connectivity index (χ2n) is 3.25. The molecule has 17 heavy (non-hydrogen) atoms. The molecule has 0 atom stereocenters. The van der Waals surface area contributed by atoms with Gasteiger partial charge in [-0.15, -0.1) is 0 Å². The summed E-state index contributed by atoms with van der Waals surface area (Å²) in [5.41, 5.74) is 5.37. The van der Waals surface area contributed by atoms with Crippen LogP contribution in [0.15, 0.2) is 30.3 Å². The van der Waals surface area contributed by atoms with E-state index >= 15 is 0 Å². The predicted octanol–water partition coefficient (Wildman–Crippen LogP) is -0.301. The van der Waals surface area contributed by atoms with Crippen molar-refractivity contribution in [3.63, 3.8) is 0 Å². The molecule has 0 fully saturated rings. The molecule has 0 saturated carbocycles. The van der Waals surface area contributed by atoms with Crippen LogP contribution in [0.4, 0.5) is 0 Å². The third-order valence-corrected chi connectivity index (χ3v) is 2.03. The van der Waals surface area contributed by atoms with Gasteiger partial charge in [0.2, 0.25) is 5.91 Å². The first-order chi connectivity index (χ1) is 8.06. The van der Waals surface area contributed by atoms with Gasteiger partial charge in [-0.2, -0.15) is 0 Å². The van der Waals surface area contributed by atoms with Crippen LogP contribution < -0.4 is 5.73 Å². The molecular formula is C11H12N2O4. The zero-order valence-electron chi connectivity index (χ0n) is 9.00. The largest absolute Gasteiger partial charge is 0.480 e. The molecule has 0 aliphatic carbocycles. The summed E-state index contributed by atoms with van der Waals surface area (Å²) in [5, 5.41) is 8.64. The summed E-state index contributed by atoms with van der Waals surface area (Å²) in [4.78, 5) is 34.4. The Labute approximate surface area is 97.6 Å². The topological polar surface area (TPSA) is 101 Å². The lowest BCUT2D eigenvalue weighted by atomic mass is 10.2. The van der Waals surface area contributed by atoms with Crippen molar-refractivity contribution in [1.82, 2.24) is 4.90 Å². The van der Waals surface area contributed by atoms with Crippen molar-refractivity contribution in [3.05, 3.63) is 35.9 Å². The third kappa shape index (κ3) is 3.39. The highest BCUT2D eigenvalue weighted by molar-refractivity contribution is 6.06. The fraction of sp³-hybridized carbons (Fsp3) is 0.182. The van der Waals surface area contributed by atoms with Crippen LogP contribution in [-0.2, 0) is 9.59 Å². The SMILES string of the molecule is NCC(=O)N(CC(=O)O)C(=O)c1ccccc1. The second-order valence-corrected chi connectivity index (χ2v) is 3.25. The van der Waals surface area contributed by atoms with Gasteiger partial charge >= 0.3 is 5.97 Å². The lowest BCUT2D eigenvalue weighted by Gasteiger charge is -2.17. The average Bonchev–Trinajstić information content (AvgIpc) is 2.35. The molecule has 1 rings (SSSR count). The van der Waals surface area contributed by atoms with E-state index in [4.69, 9.17) is 10.8 Å². The molecule has 0 aliphatic rings. The molecule has 1 aromatic rings. The van der Waals surface area contributed by atoms with Crippen LogP contribution in [0.1, 0.15) is 10.4 Å². The van der Waals surface area contributed by atoms with E-state index in [1.165, 1.54) is 12.1 Å². The minimum Gasteiger partial charge on any atom is -0.480 e. The molecule has 0 aromatic heterocycles. The maximum absolute atomic E-state index is 11.9. The standard InChI is InChI=1S/C11H12N2O4/c12-6-9(14)13(7-10(15)16)11(17)8-4-2-1-3-5-8/h1-5H,6-7,12H2,(H,15,16). The molecule has 90 valence electrons. The summed E-state index contributed by atoms with van der Waals surface area (Å²) in [6.07, 6.45) is 0. The summed E-state index contributed by atoms with van der Waals surface area (Å²) in [6, 6.07) is 7.96. The molecule has 0 aliphatic heterocycles. The summed E-state index contributed by atoms with van der Waals surface area (Å²) in [6.45, 7) is -1.10. The quantitative estimate of drug-likeness (QED) is 0.747. The Balaban J connectivity index is 2.94. The Morgan fingerprint density at radius 1 is 1.18 bits per heavy atom. The Kier molecular flexibility index (Phi) is 4.36. The molecule has 2 amide bonds. The molecule has 6 nitrogen and oxygen atoms in total. The van der Waals surface area contributed by atoms with Gasteiger partial charge < -0.3 is 10.8 Å². The van der Waals surface area contributed by atoms with Gasteiger partial charge in [0.05, 0.1) is 6.54 Å². The first-order valence-corrected chi connectivity index (χ1v) is 4.88. The van der Waals surface area contributed by atoms with E-state index in [0.717, 1.165) is 0 Å². The van der Waals surface area contributed by atoms with Crippen LogP contribution in [0.5, 0.6) is 0 Å². The van der Waals surface area contributed by atoms with Crippen molar-refractivity contribution in [2.45, 2.75) is 0 Å². The van der Waals surface area contributed by atoms with Crippen LogP contribution in [0.25, 0.3) is 0 Å². The average molecular weight is 236 g/mol. The Bertz CT molecular complexity index is 430. The van der Waals surface area contributed by atoms with Crippen LogP contribution >= 0.6 is 0 Å². The minimum atomic E-state index is -1.27. The number of hydrogen-bond donors (Lipinski definition) is 2. The Morgan fingerprint density at radius 2 is 1.76 bits per heavy atom. The Morgan fingerprint density at radius 3 is 2.24 bits per heavy atom. The van der Waals surface area contributed by atoms with E-state index in [9.17, 15) is 14.4 Å². The van der Waals surface area contributed by atoms with Gasteiger partial charge in [-0.3, -0.25) is 19.3 Å². The van der Waals surface area contributed by atoms with Crippen LogP contribution in [0, 0.1) is 0 Å². The number of carboxylic acids is 1. The Hall–Kier alpha value is -2.21. The number of aliphatic carboxylic acids is 1. The van der Waals surface area contributed by atoms with Crippen molar-refractivity contribution in [3.8, 4) is 0 Å². The van der Waals surface area contributed by atoms with Crippen molar-refractivity contribution in [1.29, 1.82) is 0 Å². The van der Waals surface area contributed by atoms with E-state index in [1.54, 1.807) is 18.2 Å². The molecule has 0 heterocycles. The number of carbonyl (C=O) groups is 3. The normalized spacial score (nSPS) is 9.71. The van der Waals surface area contributed by atoms with Gasteiger partial charge in [0, 0.05) is 5.56 Å². The highest BCUT2D eigenvalue weighted by atomic mass is 16.4. The van der Waals surface area contributed by atoms with Gasteiger partial charge in [0.15, 0.2) is 0 Å². The fourth-order valence-electron chi connectivity index (χ4n) is 1.26. The predicted molar refractivity (Wildman–Crippen MR) is 59.2 cm³/mol. The van der Waals surface area contributed by atoms with Crippen LogP contribution in [0.3, 0.4) is 0 Å². The summed E-state index contributed by atoms with van der Waals surface area (Å²) in [7, 11) is 0. The zero-order chi connectivity index (χ0) is 12.8. The van der Waals surface area contributed by atoms with E-state index < -0.39 is 30.9 Å². The van der Waals surface area contributed by atoms with Crippen LogP contribution in [0.2, 0.25) is 0 Å². The molecule has 0 unspecified atom stereocenters. The first kappa shape index (κ1) is 12.9. The number of rotatable bonds is 4. The van der Waals surface area contributed by atoms with Crippen molar-refractivity contribution in [2.24, 2.45) is 5.73 Å². The number of carboxylic acid groups (broad SMARTS) is 1. The highest BCUT2D eigenvalue weighted by Crippen LogP contribution is 2.04. The number of hydrogen-bond acceptors (Lipinski definition) is 4. The number of benzene rings is 1. The second kappa shape index (κ2) is 5.76. The van der Waals surface area contributed by atoms with Gasteiger partial charge in [0.25, 0.3) is 5.91 Å². The summed E-state index contributed by atoms with van der Waals surface area (Å²) < 4.78 is 0. The molecule has 3 N–H and O–H groups in total. The lowest BCUT2D eigenvalue weighted by molar-refractivity contribution is -0.142. The van der Waals surface area contributed by atoms with E-state index in [-0.39, 0.29) is 5.56 Å². The lowest BCUT2D eigenvalue weighted by Crippen LogP contribution is -2.43. The molecule has 0 bridgehead atoms. The van der Waals surface area contributed by atoms with E-state index in [2.05, 4.69) is 0 Å². The summed E-state index contributed by atoms with van der Waals surface area (Å²) >= 11 is 0. The number of nitrogens with zero attached hydrogens (tertiary/aromatic N) is 1. The molecule has 0 spiro atoms. The number of carbonyl (C=O) groups excluding carboxylic acids is 2. The maximum atomic E-state index is 11.9.